The van der Waals surface area contributed by atoms with E-state index in [1.54, 1.807) is 18.2 Å². The molecule has 6 nitrogen and oxygen atoms in total. The highest BCUT2D eigenvalue weighted by atomic mass is 35.5. The zero-order valence-corrected chi connectivity index (χ0v) is 13.7. The van der Waals surface area contributed by atoms with Crippen molar-refractivity contribution in [3.05, 3.63) is 11.4 Å². The van der Waals surface area contributed by atoms with Crippen LogP contribution in [0.15, 0.2) is 4.90 Å². The van der Waals surface area contributed by atoms with Crippen LogP contribution in [0.25, 0.3) is 0 Å². The van der Waals surface area contributed by atoms with E-state index >= 15 is 0 Å². The number of sulfonamides is 1. The molecule has 1 aromatic rings. The van der Waals surface area contributed by atoms with Crippen LogP contribution in [0.2, 0.25) is 0 Å². The number of nitrogens with one attached hydrogen (secondary N) is 1. The Morgan fingerprint density at radius 2 is 2.05 bits per heavy atom. The van der Waals surface area contributed by atoms with Crippen molar-refractivity contribution in [2.75, 3.05) is 6.54 Å². The molecule has 0 aromatic carbocycles. The lowest BCUT2D eigenvalue weighted by atomic mass is 10.00. The van der Waals surface area contributed by atoms with Crippen molar-refractivity contribution < 1.29 is 8.42 Å². The summed E-state index contributed by atoms with van der Waals surface area (Å²) in [6, 6.07) is -0.282. The van der Waals surface area contributed by atoms with Crippen molar-refractivity contribution >= 4 is 22.4 Å². The minimum atomic E-state index is -3.51. The molecule has 2 unspecified atom stereocenters. The van der Waals surface area contributed by atoms with E-state index in [-0.39, 0.29) is 24.5 Å². The monoisotopic (exact) mass is 322 g/mol. The second-order valence-electron chi connectivity index (χ2n) is 5.30. The van der Waals surface area contributed by atoms with E-state index in [9.17, 15) is 8.42 Å². The first kappa shape index (κ1) is 17.4. The predicted molar refractivity (Wildman–Crippen MR) is 80.5 cm³/mol. The van der Waals surface area contributed by atoms with Gasteiger partial charge in [0.1, 0.15) is 4.90 Å². The molecular formula is C12H23ClN4O2S. The highest BCUT2D eigenvalue weighted by molar-refractivity contribution is 7.89. The number of halogens is 1. The van der Waals surface area contributed by atoms with Gasteiger partial charge in [-0.3, -0.25) is 5.10 Å². The molecule has 1 aromatic heterocycles. The Morgan fingerprint density at radius 3 is 2.55 bits per heavy atom. The molecule has 0 spiro atoms. The van der Waals surface area contributed by atoms with Gasteiger partial charge >= 0.3 is 0 Å². The van der Waals surface area contributed by atoms with E-state index in [4.69, 9.17) is 5.73 Å². The number of nitrogens with two attached hydrogens (primary N) is 1. The fraction of sp³-hybridized carbons (Fsp3) is 0.750. The van der Waals surface area contributed by atoms with E-state index < -0.39 is 10.0 Å². The molecule has 0 aliphatic carbocycles. The fourth-order valence-electron chi connectivity index (χ4n) is 2.79. The molecule has 20 heavy (non-hydrogen) atoms. The van der Waals surface area contributed by atoms with E-state index in [0.29, 0.717) is 22.8 Å². The minimum Gasteiger partial charge on any atom is -0.326 e. The van der Waals surface area contributed by atoms with Gasteiger partial charge in [-0.15, -0.1) is 12.4 Å². The molecule has 2 heterocycles. The average Bonchev–Trinajstić information content (AvgIpc) is 2.69. The first-order valence-corrected chi connectivity index (χ1v) is 8.08. The van der Waals surface area contributed by atoms with E-state index in [0.717, 1.165) is 19.3 Å². The lowest BCUT2D eigenvalue weighted by Gasteiger charge is -2.36. The third kappa shape index (κ3) is 3.00. The van der Waals surface area contributed by atoms with Gasteiger partial charge in [0.05, 0.1) is 11.4 Å². The molecule has 1 aliphatic rings. The van der Waals surface area contributed by atoms with Crippen molar-refractivity contribution in [2.24, 2.45) is 5.73 Å². The molecule has 0 bridgehead atoms. The van der Waals surface area contributed by atoms with Crippen molar-refractivity contribution in [3.8, 4) is 0 Å². The molecule has 2 rings (SSSR count). The summed E-state index contributed by atoms with van der Waals surface area (Å²) in [5, 5.41) is 6.72. The van der Waals surface area contributed by atoms with Crippen LogP contribution in [-0.4, -0.2) is 41.5 Å². The molecule has 1 fully saturated rings. The first-order chi connectivity index (χ1) is 8.85. The van der Waals surface area contributed by atoms with Crippen LogP contribution in [0.3, 0.4) is 0 Å². The number of piperidine rings is 1. The Balaban J connectivity index is 0.00000200. The number of nitrogens with zero attached hydrogens (tertiary/aromatic N) is 2. The molecule has 0 amide bonds. The quantitative estimate of drug-likeness (QED) is 0.878. The molecule has 0 saturated carbocycles. The van der Waals surface area contributed by atoms with Crippen LogP contribution in [0.4, 0.5) is 0 Å². The van der Waals surface area contributed by atoms with Gasteiger partial charge in [0.25, 0.3) is 0 Å². The molecule has 3 N–H and O–H groups in total. The maximum Gasteiger partial charge on any atom is 0.247 e. The summed E-state index contributed by atoms with van der Waals surface area (Å²) in [5.74, 6) is 0. The SMILES string of the molecule is Cc1n[nH]c(C)c1S(=O)(=O)N1CCCCC1C(C)N.Cl. The van der Waals surface area contributed by atoms with Crippen molar-refractivity contribution in [1.29, 1.82) is 0 Å². The Bertz CT molecular complexity index is 536. The average molecular weight is 323 g/mol. The molecule has 2 atom stereocenters. The van der Waals surface area contributed by atoms with Crippen LogP contribution in [0, 0.1) is 13.8 Å². The van der Waals surface area contributed by atoms with Crippen LogP contribution < -0.4 is 5.73 Å². The Hall–Kier alpha value is -0.630. The Labute approximate surface area is 126 Å². The van der Waals surface area contributed by atoms with E-state index in [1.165, 1.54) is 0 Å². The summed E-state index contributed by atoms with van der Waals surface area (Å²) >= 11 is 0. The highest BCUT2D eigenvalue weighted by Crippen LogP contribution is 2.29. The molecule has 1 saturated heterocycles. The van der Waals surface area contributed by atoms with Crippen LogP contribution >= 0.6 is 12.4 Å². The lowest BCUT2D eigenvalue weighted by Crippen LogP contribution is -2.51. The molecule has 8 heteroatoms. The molecular weight excluding hydrogens is 300 g/mol. The van der Waals surface area contributed by atoms with Gasteiger partial charge < -0.3 is 5.73 Å². The highest BCUT2D eigenvalue weighted by Gasteiger charge is 2.37. The Kier molecular flexibility index (Phi) is 5.60. The zero-order valence-electron chi connectivity index (χ0n) is 12.1. The third-order valence-corrected chi connectivity index (χ3v) is 5.92. The topological polar surface area (TPSA) is 92.1 Å². The lowest BCUT2D eigenvalue weighted by molar-refractivity contribution is 0.227. The molecule has 1 aliphatic heterocycles. The van der Waals surface area contributed by atoms with Crippen molar-refractivity contribution in [1.82, 2.24) is 14.5 Å². The summed E-state index contributed by atoms with van der Waals surface area (Å²) in [5.41, 5.74) is 7.06. The van der Waals surface area contributed by atoms with Crippen LogP contribution in [-0.2, 0) is 10.0 Å². The van der Waals surface area contributed by atoms with Gasteiger partial charge in [-0.25, -0.2) is 8.42 Å². The number of rotatable bonds is 3. The maximum atomic E-state index is 12.8. The second-order valence-corrected chi connectivity index (χ2v) is 7.13. The van der Waals surface area contributed by atoms with Gasteiger partial charge in [-0.05, 0) is 33.6 Å². The Morgan fingerprint density at radius 1 is 1.40 bits per heavy atom. The van der Waals surface area contributed by atoms with Crippen LogP contribution in [0.5, 0.6) is 0 Å². The fourth-order valence-corrected chi connectivity index (χ4v) is 4.90. The van der Waals surface area contributed by atoms with E-state index in [1.807, 2.05) is 6.92 Å². The summed E-state index contributed by atoms with van der Waals surface area (Å²) in [7, 11) is -3.51. The van der Waals surface area contributed by atoms with E-state index in [2.05, 4.69) is 10.2 Å². The van der Waals surface area contributed by atoms with Gasteiger partial charge in [0, 0.05) is 18.6 Å². The molecule has 116 valence electrons. The number of hydrogen-bond acceptors (Lipinski definition) is 4. The second kappa shape index (κ2) is 6.43. The number of hydrogen-bond donors (Lipinski definition) is 2. The maximum absolute atomic E-state index is 12.8. The van der Waals surface area contributed by atoms with Crippen molar-refractivity contribution in [2.45, 2.75) is 57.0 Å². The normalized spacial score (nSPS) is 22.3. The van der Waals surface area contributed by atoms with Gasteiger partial charge in [-0.2, -0.15) is 9.40 Å². The van der Waals surface area contributed by atoms with Gasteiger partial charge in [-0.1, -0.05) is 6.42 Å². The number of aromatic amines is 1. The van der Waals surface area contributed by atoms with Crippen molar-refractivity contribution in [3.63, 3.8) is 0 Å². The minimum absolute atomic E-state index is 0. The number of aromatic nitrogens is 2. The largest absolute Gasteiger partial charge is 0.326 e. The molecule has 0 radical (unpaired) electrons. The summed E-state index contributed by atoms with van der Waals surface area (Å²) in [6.45, 7) is 5.85. The van der Waals surface area contributed by atoms with Crippen LogP contribution in [0.1, 0.15) is 37.6 Å². The van der Waals surface area contributed by atoms with Gasteiger partial charge in [0.15, 0.2) is 0 Å². The summed E-state index contributed by atoms with van der Waals surface area (Å²) in [4.78, 5) is 0.306. The standard InChI is InChI=1S/C12H22N4O2S.ClH/c1-8(13)11-6-4-5-7-16(11)19(17,18)12-9(2)14-15-10(12)3;/h8,11H,4-7,13H2,1-3H3,(H,14,15);1H. The number of H-pyrrole nitrogens is 1. The summed E-state index contributed by atoms with van der Waals surface area (Å²) in [6.07, 6.45) is 2.74. The first-order valence-electron chi connectivity index (χ1n) is 6.64. The predicted octanol–water partition coefficient (Wildman–Crippen LogP) is 1.34. The van der Waals surface area contributed by atoms with Gasteiger partial charge in [0.2, 0.25) is 10.0 Å². The summed E-state index contributed by atoms with van der Waals surface area (Å²) < 4.78 is 27.2. The third-order valence-electron chi connectivity index (χ3n) is 3.73. The smallest absolute Gasteiger partial charge is 0.247 e. The zero-order chi connectivity index (χ0) is 14.2. The number of aryl methyl sites for hydroxylation is 2.